The van der Waals surface area contributed by atoms with Crippen molar-refractivity contribution in [1.82, 2.24) is 10.3 Å². The smallest absolute Gasteiger partial charge is 0.254 e. The Balaban J connectivity index is 1.53. The third-order valence-corrected chi connectivity index (χ3v) is 6.03. The zero-order valence-electron chi connectivity index (χ0n) is 17.0. The molecule has 0 saturated heterocycles. The molecular weight excluding hydrogens is 453 g/mol. The number of benzene rings is 3. The molecule has 4 aromatic rings. The molecule has 5 rings (SSSR count). The highest BCUT2D eigenvalue weighted by Crippen LogP contribution is 2.36. The molecule has 3 aromatic carbocycles. The molecule has 0 spiro atoms. The third-order valence-electron chi connectivity index (χ3n) is 5.62. The van der Waals surface area contributed by atoms with E-state index in [9.17, 15) is 18.0 Å². The summed E-state index contributed by atoms with van der Waals surface area (Å²) in [5.41, 5.74) is 1.11. The highest BCUT2D eigenvalue weighted by Gasteiger charge is 2.25. The Kier molecular flexibility index (Phi) is 5.42. The Morgan fingerprint density at radius 3 is 2.73 bits per heavy atom. The predicted molar refractivity (Wildman–Crippen MR) is 119 cm³/mol. The molecule has 0 bridgehead atoms. The van der Waals surface area contributed by atoms with Gasteiger partial charge < -0.3 is 10.1 Å². The third kappa shape index (κ3) is 3.78. The van der Waals surface area contributed by atoms with Gasteiger partial charge in [0.05, 0.1) is 28.8 Å². The molecule has 1 aliphatic heterocycles. The highest BCUT2D eigenvalue weighted by atomic mass is 35.5. The minimum atomic E-state index is -1.30. The fourth-order valence-electron chi connectivity index (χ4n) is 4.05. The van der Waals surface area contributed by atoms with E-state index in [-0.39, 0.29) is 33.3 Å². The second kappa shape index (κ2) is 8.41. The average Bonchev–Trinajstić information content (AvgIpc) is 2.81. The number of hydrogen-bond donors (Lipinski definition) is 1. The van der Waals surface area contributed by atoms with Crippen LogP contribution in [-0.4, -0.2) is 17.5 Å². The fourth-order valence-corrected chi connectivity index (χ4v) is 4.33. The molecule has 8 heteroatoms. The van der Waals surface area contributed by atoms with Gasteiger partial charge >= 0.3 is 0 Å². The maximum absolute atomic E-state index is 14.4. The van der Waals surface area contributed by atoms with Gasteiger partial charge in [-0.05, 0) is 12.1 Å². The lowest BCUT2D eigenvalue weighted by atomic mass is 9.99. The molecule has 1 atom stereocenters. The van der Waals surface area contributed by atoms with Crippen LogP contribution >= 0.6 is 11.6 Å². The van der Waals surface area contributed by atoms with E-state index in [4.69, 9.17) is 16.3 Å². The maximum atomic E-state index is 14.4. The summed E-state index contributed by atoms with van der Waals surface area (Å²) >= 11 is 6.55. The average molecular weight is 469 g/mol. The van der Waals surface area contributed by atoms with Gasteiger partial charge in [-0.3, -0.25) is 9.78 Å². The second-order valence-electron chi connectivity index (χ2n) is 7.64. The number of nitrogens with one attached hydrogen (secondary N) is 1. The number of carbonyl (C=O) groups is 1. The van der Waals surface area contributed by atoms with Gasteiger partial charge in [0.15, 0.2) is 11.6 Å². The summed E-state index contributed by atoms with van der Waals surface area (Å²) in [7, 11) is 0. The summed E-state index contributed by atoms with van der Waals surface area (Å²) in [5, 5.41) is 3.43. The molecular formula is C25H16ClF3N2O2. The number of hydrogen-bond acceptors (Lipinski definition) is 3. The van der Waals surface area contributed by atoms with Gasteiger partial charge in [-0.2, -0.15) is 0 Å². The van der Waals surface area contributed by atoms with Crippen LogP contribution in [0.25, 0.3) is 22.0 Å². The van der Waals surface area contributed by atoms with Crippen molar-refractivity contribution in [2.45, 2.75) is 12.5 Å². The molecule has 2 heterocycles. The molecule has 166 valence electrons. The quantitative estimate of drug-likeness (QED) is 0.363. The lowest BCUT2D eigenvalue weighted by Gasteiger charge is -2.26. The largest absolute Gasteiger partial charge is 0.493 e. The molecule has 33 heavy (non-hydrogen) atoms. The van der Waals surface area contributed by atoms with Gasteiger partial charge in [-0.25, -0.2) is 13.2 Å². The Morgan fingerprint density at radius 1 is 1.06 bits per heavy atom. The summed E-state index contributed by atoms with van der Waals surface area (Å²) in [6.45, 7) is 0.463. The maximum Gasteiger partial charge on any atom is 0.254 e. The van der Waals surface area contributed by atoms with Crippen molar-refractivity contribution in [2.24, 2.45) is 0 Å². The van der Waals surface area contributed by atoms with Gasteiger partial charge in [0.25, 0.3) is 5.91 Å². The zero-order chi connectivity index (χ0) is 23.1. The van der Waals surface area contributed by atoms with Crippen LogP contribution in [0.5, 0.6) is 5.75 Å². The van der Waals surface area contributed by atoms with Crippen LogP contribution < -0.4 is 10.1 Å². The molecule has 1 N–H and O–H groups in total. The lowest BCUT2D eigenvalue weighted by molar-refractivity contribution is 0.0924. The van der Waals surface area contributed by atoms with E-state index in [0.29, 0.717) is 30.2 Å². The molecule has 0 fully saturated rings. The number of halogens is 4. The SMILES string of the molecule is O=C(N[C@H]1CCOc2ccccc21)c1cnc2c(-c3cc(F)cc(F)c3F)cccc2c1Cl. The van der Waals surface area contributed by atoms with Crippen LogP contribution in [0.3, 0.4) is 0 Å². The Bertz CT molecular complexity index is 1410. The summed E-state index contributed by atoms with van der Waals surface area (Å²) < 4.78 is 47.6. The first-order valence-electron chi connectivity index (χ1n) is 10.2. The van der Waals surface area contributed by atoms with Crippen molar-refractivity contribution >= 4 is 28.4 Å². The van der Waals surface area contributed by atoms with Gasteiger partial charge in [-0.1, -0.05) is 48.0 Å². The first kappa shape index (κ1) is 21.3. The van der Waals surface area contributed by atoms with Crippen molar-refractivity contribution in [3.63, 3.8) is 0 Å². The fraction of sp³-hybridized carbons (Fsp3) is 0.120. The van der Waals surface area contributed by atoms with Gasteiger partial charge in [0.2, 0.25) is 0 Å². The number of nitrogens with zero attached hydrogens (tertiary/aromatic N) is 1. The number of amides is 1. The van der Waals surface area contributed by atoms with E-state index < -0.39 is 23.4 Å². The van der Waals surface area contributed by atoms with Gasteiger partial charge in [0.1, 0.15) is 11.6 Å². The Morgan fingerprint density at radius 2 is 1.88 bits per heavy atom. The lowest BCUT2D eigenvalue weighted by Crippen LogP contribution is -2.32. The Hall–Kier alpha value is -3.58. The summed E-state index contributed by atoms with van der Waals surface area (Å²) in [5.74, 6) is -3.13. The first-order chi connectivity index (χ1) is 15.9. The monoisotopic (exact) mass is 468 g/mol. The number of aromatic nitrogens is 1. The van der Waals surface area contributed by atoms with Crippen LogP contribution in [0.1, 0.15) is 28.4 Å². The summed E-state index contributed by atoms with van der Waals surface area (Å²) in [4.78, 5) is 17.3. The number of pyridine rings is 1. The van der Waals surface area contributed by atoms with Crippen molar-refractivity contribution in [3.8, 4) is 16.9 Å². The molecule has 4 nitrogen and oxygen atoms in total. The van der Waals surface area contributed by atoms with Crippen molar-refractivity contribution in [2.75, 3.05) is 6.61 Å². The van der Waals surface area contributed by atoms with Crippen LogP contribution in [0.2, 0.25) is 5.02 Å². The van der Waals surface area contributed by atoms with E-state index >= 15 is 0 Å². The van der Waals surface area contributed by atoms with E-state index in [2.05, 4.69) is 10.3 Å². The molecule has 0 radical (unpaired) electrons. The van der Waals surface area contributed by atoms with E-state index in [1.54, 1.807) is 12.1 Å². The van der Waals surface area contributed by atoms with Crippen molar-refractivity contribution in [1.29, 1.82) is 0 Å². The Labute approximate surface area is 192 Å². The van der Waals surface area contributed by atoms with E-state index in [1.807, 2.05) is 24.3 Å². The van der Waals surface area contributed by atoms with Crippen LogP contribution in [-0.2, 0) is 0 Å². The first-order valence-corrected chi connectivity index (χ1v) is 10.6. The van der Waals surface area contributed by atoms with E-state index in [1.165, 1.54) is 12.3 Å². The molecule has 0 aliphatic carbocycles. The number of para-hydroxylation sites is 2. The zero-order valence-corrected chi connectivity index (χ0v) is 17.8. The molecule has 0 unspecified atom stereocenters. The number of rotatable bonds is 3. The molecule has 1 aliphatic rings. The van der Waals surface area contributed by atoms with Crippen LogP contribution in [0.4, 0.5) is 13.2 Å². The standard InChI is InChI=1S/C25H16ClF3N2O2/c26-22-16-6-3-5-14(17-10-13(27)11-19(28)23(17)29)24(16)30-12-18(22)25(32)31-20-8-9-33-21-7-2-1-4-15(20)21/h1-7,10-12,20H,8-9H2,(H,31,32)/t20-/m0/s1. The molecule has 1 aromatic heterocycles. The van der Waals surface area contributed by atoms with Crippen LogP contribution in [0, 0.1) is 17.5 Å². The van der Waals surface area contributed by atoms with Crippen molar-refractivity contribution < 1.29 is 22.7 Å². The van der Waals surface area contributed by atoms with Crippen LogP contribution in [0.15, 0.2) is 60.8 Å². The number of ether oxygens (including phenoxy) is 1. The predicted octanol–water partition coefficient (Wildman–Crippen LogP) is 6.23. The summed E-state index contributed by atoms with van der Waals surface area (Å²) in [6, 6.07) is 13.2. The normalized spacial score (nSPS) is 15.1. The topological polar surface area (TPSA) is 51.2 Å². The van der Waals surface area contributed by atoms with Crippen molar-refractivity contribution in [3.05, 3.63) is 94.4 Å². The van der Waals surface area contributed by atoms with Gasteiger partial charge in [0, 0.05) is 40.8 Å². The minimum Gasteiger partial charge on any atom is -0.493 e. The molecule has 0 saturated carbocycles. The molecule has 1 amide bonds. The number of fused-ring (bicyclic) bond motifs is 2. The second-order valence-corrected chi connectivity index (χ2v) is 8.02. The minimum absolute atomic E-state index is 0.108. The highest BCUT2D eigenvalue weighted by molar-refractivity contribution is 6.38. The summed E-state index contributed by atoms with van der Waals surface area (Å²) in [6.07, 6.45) is 1.87. The van der Waals surface area contributed by atoms with E-state index in [0.717, 1.165) is 11.6 Å². The van der Waals surface area contributed by atoms with Gasteiger partial charge in [-0.15, -0.1) is 0 Å². The number of carbonyl (C=O) groups excluding carboxylic acids is 1.